The zero-order valence-electron chi connectivity index (χ0n) is 17.8. The maximum Gasteiger partial charge on any atom is 0.354 e. The van der Waals surface area contributed by atoms with Crippen LogP contribution in [-0.4, -0.2) is 28.8 Å². The number of rotatable bonds is 5. The Morgan fingerprint density at radius 3 is 2.18 bits per heavy atom. The summed E-state index contributed by atoms with van der Waals surface area (Å²) in [7, 11) is 1.41. The fraction of sp³-hybridized carbons (Fsp3) is 0.391. The van der Waals surface area contributed by atoms with Gasteiger partial charge in [0, 0.05) is 11.4 Å². The monoisotopic (exact) mass is 379 g/mol. The minimum Gasteiger partial charge on any atom is -0.464 e. The summed E-state index contributed by atoms with van der Waals surface area (Å²) in [5.74, 6) is -0.329. The number of methoxy groups -OCH3 is 1. The molecule has 0 fully saturated rings. The number of allylic oxidation sites excluding steroid dienone is 2. The molecule has 0 unspecified atom stereocenters. The molecular formula is C23H29N3O2. The Labute approximate surface area is 166 Å². The van der Waals surface area contributed by atoms with Gasteiger partial charge < -0.3 is 14.7 Å². The van der Waals surface area contributed by atoms with E-state index in [0.717, 1.165) is 52.5 Å². The van der Waals surface area contributed by atoms with Crippen LogP contribution in [0.2, 0.25) is 0 Å². The number of aromatic nitrogens is 2. The van der Waals surface area contributed by atoms with E-state index in [-0.39, 0.29) is 5.97 Å². The Balaban J connectivity index is 2.16. The minimum absolute atomic E-state index is 0.329. The molecule has 0 aromatic carbocycles. The molecule has 28 heavy (non-hydrogen) atoms. The minimum atomic E-state index is -0.329. The van der Waals surface area contributed by atoms with Crippen molar-refractivity contribution in [1.82, 2.24) is 9.97 Å². The molecule has 5 nitrogen and oxygen atoms in total. The molecule has 0 aliphatic carbocycles. The van der Waals surface area contributed by atoms with Crippen LogP contribution in [0.3, 0.4) is 0 Å². The molecule has 2 aromatic heterocycles. The third-order valence-corrected chi connectivity index (χ3v) is 5.55. The first-order valence-corrected chi connectivity index (χ1v) is 9.79. The van der Waals surface area contributed by atoms with E-state index in [4.69, 9.17) is 4.74 Å². The van der Waals surface area contributed by atoms with E-state index in [1.165, 1.54) is 23.8 Å². The summed E-state index contributed by atoms with van der Waals surface area (Å²) in [6.07, 6.45) is 5.90. The predicted octanol–water partition coefficient (Wildman–Crippen LogP) is 5.30. The Morgan fingerprint density at radius 2 is 1.64 bits per heavy atom. The largest absolute Gasteiger partial charge is 0.464 e. The number of hydrogen-bond donors (Lipinski definition) is 2. The molecule has 2 aromatic rings. The van der Waals surface area contributed by atoms with Crippen molar-refractivity contribution in [1.29, 1.82) is 0 Å². The topological polar surface area (TPSA) is 70.2 Å². The molecule has 0 saturated carbocycles. The first-order chi connectivity index (χ1) is 13.3. The lowest BCUT2D eigenvalue weighted by Crippen LogP contribution is -2.04. The number of H-pyrrole nitrogens is 2. The zero-order valence-corrected chi connectivity index (χ0v) is 17.8. The highest BCUT2D eigenvalue weighted by atomic mass is 16.5. The molecule has 1 aliphatic rings. The highest BCUT2D eigenvalue weighted by molar-refractivity contribution is 5.98. The first kappa shape index (κ1) is 19.9. The van der Waals surface area contributed by atoms with Crippen molar-refractivity contribution in [2.45, 2.75) is 54.4 Å². The Kier molecular flexibility index (Phi) is 5.45. The van der Waals surface area contributed by atoms with Crippen LogP contribution in [0.4, 0.5) is 0 Å². The molecule has 0 radical (unpaired) electrons. The van der Waals surface area contributed by atoms with Crippen molar-refractivity contribution >= 4 is 17.8 Å². The number of ether oxygens (including phenoxy) is 1. The van der Waals surface area contributed by atoms with Crippen LogP contribution in [0.15, 0.2) is 22.3 Å². The van der Waals surface area contributed by atoms with Gasteiger partial charge >= 0.3 is 5.97 Å². The molecule has 3 heterocycles. The van der Waals surface area contributed by atoms with E-state index in [9.17, 15) is 4.79 Å². The molecule has 0 amide bonds. The van der Waals surface area contributed by atoms with Gasteiger partial charge in [-0.25, -0.2) is 4.79 Å². The van der Waals surface area contributed by atoms with E-state index in [2.05, 4.69) is 61.7 Å². The van der Waals surface area contributed by atoms with Crippen LogP contribution in [0, 0.1) is 13.8 Å². The van der Waals surface area contributed by atoms with Crippen molar-refractivity contribution in [3.8, 4) is 11.4 Å². The fourth-order valence-corrected chi connectivity index (χ4v) is 4.07. The van der Waals surface area contributed by atoms with Gasteiger partial charge in [0.2, 0.25) is 0 Å². The maximum atomic E-state index is 12.2. The highest BCUT2D eigenvalue weighted by Crippen LogP contribution is 2.34. The Bertz CT molecular complexity index is 1030. The van der Waals surface area contributed by atoms with Crippen LogP contribution in [0.5, 0.6) is 0 Å². The summed E-state index contributed by atoms with van der Waals surface area (Å²) in [6, 6.07) is 0. The molecule has 3 rings (SSSR count). The smallest absolute Gasteiger partial charge is 0.354 e. The molecule has 148 valence electrons. The van der Waals surface area contributed by atoms with Gasteiger partial charge in [0.1, 0.15) is 5.69 Å². The zero-order chi connectivity index (χ0) is 20.6. The van der Waals surface area contributed by atoms with Crippen molar-refractivity contribution in [3.05, 3.63) is 51.0 Å². The average molecular weight is 380 g/mol. The second kappa shape index (κ2) is 7.66. The summed E-state index contributed by atoms with van der Waals surface area (Å²) >= 11 is 0. The van der Waals surface area contributed by atoms with E-state index in [1.54, 1.807) is 0 Å². The third kappa shape index (κ3) is 3.26. The average Bonchev–Trinajstić information content (AvgIpc) is 3.27. The molecule has 0 saturated heterocycles. The molecule has 1 aliphatic heterocycles. The van der Waals surface area contributed by atoms with Gasteiger partial charge in [-0.1, -0.05) is 13.8 Å². The molecule has 2 N–H and O–H groups in total. The predicted molar refractivity (Wildman–Crippen MR) is 115 cm³/mol. The summed E-state index contributed by atoms with van der Waals surface area (Å²) in [6.45, 7) is 12.5. The van der Waals surface area contributed by atoms with E-state index >= 15 is 0 Å². The number of hydrogen-bond acceptors (Lipinski definition) is 3. The lowest BCUT2D eigenvalue weighted by atomic mass is 10.0. The molecular weight excluding hydrogens is 350 g/mol. The molecule has 0 spiro atoms. The van der Waals surface area contributed by atoms with Gasteiger partial charge in [-0.05, 0) is 80.5 Å². The van der Waals surface area contributed by atoms with Gasteiger partial charge in [0.15, 0.2) is 0 Å². The van der Waals surface area contributed by atoms with Gasteiger partial charge in [-0.2, -0.15) is 0 Å². The van der Waals surface area contributed by atoms with E-state index in [1.807, 2.05) is 6.92 Å². The number of aromatic amines is 2. The Morgan fingerprint density at radius 1 is 1.04 bits per heavy atom. The quantitative estimate of drug-likeness (QED) is 0.692. The lowest BCUT2D eigenvalue weighted by Gasteiger charge is -2.01. The number of nitrogens with zero attached hydrogens (tertiary/aromatic N) is 1. The second-order valence-corrected chi connectivity index (χ2v) is 7.30. The van der Waals surface area contributed by atoms with Gasteiger partial charge in [-0.3, -0.25) is 4.99 Å². The van der Waals surface area contributed by atoms with Crippen molar-refractivity contribution < 1.29 is 9.53 Å². The maximum absolute atomic E-state index is 12.2. The van der Waals surface area contributed by atoms with Gasteiger partial charge in [-0.15, -0.1) is 0 Å². The summed E-state index contributed by atoms with van der Waals surface area (Å²) in [4.78, 5) is 23.7. The van der Waals surface area contributed by atoms with Crippen molar-refractivity contribution in [2.24, 2.45) is 4.99 Å². The van der Waals surface area contributed by atoms with Crippen LogP contribution in [-0.2, 0) is 17.6 Å². The molecule has 0 atom stereocenters. The lowest BCUT2D eigenvalue weighted by molar-refractivity contribution is 0.0593. The number of aliphatic imine (C=N–C) groups is 1. The summed E-state index contributed by atoms with van der Waals surface area (Å²) < 4.78 is 4.96. The highest BCUT2D eigenvalue weighted by Gasteiger charge is 2.23. The third-order valence-electron chi connectivity index (χ3n) is 5.55. The van der Waals surface area contributed by atoms with Crippen LogP contribution in [0.25, 0.3) is 17.5 Å². The Hall–Kier alpha value is -2.82. The number of carbonyl (C=O) groups is 1. The van der Waals surface area contributed by atoms with E-state index < -0.39 is 0 Å². The number of carbonyl (C=O) groups excluding carboxylic acids is 1. The first-order valence-electron chi connectivity index (χ1n) is 9.79. The number of nitrogens with one attached hydrogen (secondary N) is 2. The second-order valence-electron chi connectivity index (χ2n) is 7.30. The molecule has 5 heteroatoms. The standard InChI is InChI=1S/C23H29N3O2/c1-8-16-14(5)20(25-19(16)11-18-12(3)10-13(4)24-18)21-15(6)17(9-2)22(26-21)23(27)28-7/h10-11,25-26H,8-9H2,1-7H3/b18-11-. The van der Waals surface area contributed by atoms with Crippen LogP contribution in [0.1, 0.15) is 66.1 Å². The summed E-state index contributed by atoms with van der Waals surface area (Å²) in [5, 5.41) is 0. The fourth-order valence-electron chi connectivity index (χ4n) is 4.07. The van der Waals surface area contributed by atoms with Crippen molar-refractivity contribution in [3.63, 3.8) is 0 Å². The number of esters is 1. The van der Waals surface area contributed by atoms with Gasteiger partial charge in [0.05, 0.1) is 24.2 Å². The molecule has 0 bridgehead atoms. The van der Waals surface area contributed by atoms with Gasteiger partial charge in [0.25, 0.3) is 0 Å². The normalized spacial score (nSPS) is 15.2. The van der Waals surface area contributed by atoms with E-state index in [0.29, 0.717) is 5.69 Å². The van der Waals surface area contributed by atoms with Crippen LogP contribution >= 0.6 is 0 Å². The van der Waals surface area contributed by atoms with Crippen molar-refractivity contribution in [2.75, 3.05) is 7.11 Å². The summed E-state index contributed by atoms with van der Waals surface area (Å²) in [5.41, 5.74) is 11.3. The SMILES string of the molecule is CCc1c(/C=C2\N=C(C)C=C2C)[nH]c(-c2[nH]c(C(=O)OC)c(CC)c2C)c1C. The van der Waals surface area contributed by atoms with Crippen LogP contribution < -0.4 is 0 Å².